The Morgan fingerprint density at radius 2 is 1.35 bits per heavy atom. The van der Waals surface area contributed by atoms with E-state index in [0.29, 0.717) is 0 Å². The van der Waals surface area contributed by atoms with Crippen molar-refractivity contribution >= 4 is 55.1 Å². The first-order valence-corrected chi connectivity index (χ1v) is 8.06. The van der Waals surface area contributed by atoms with Gasteiger partial charge in [-0.3, -0.25) is 9.98 Å². The Morgan fingerprint density at radius 3 is 1.70 bits per heavy atom. The molecule has 2 aromatic rings. The topological polar surface area (TPSA) is 101 Å². The fourth-order valence-corrected chi connectivity index (χ4v) is 5.03. The van der Waals surface area contributed by atoms with Gasteiger partial charge in [-0.1, -0.05) is 0 Å². The fraction of sp³-hybridized carbons (Fsp3) is 0.333. The summed E-state index contributed by atoms with van der Waals surface area (Å²) in [5.74, 6) is 1.79. The number of nitrogens with two attached hydrogens (primary N) is 2. The number of aliphatic imine (C=N–C) groups is 2. The zero-order valence-corrected chi connectivity index (χ0v) is 12.3. The Bertz CT molecular complexity index is 694. The summed E-state index contributed by atoms with van der Waals surface area (Å²) in [7, 11) is 0. The average Bonchev–Trinajstić information content (AvgIpc) is 3.17. The van der Waals surface area contributed by atoms with Crippen LogP contribution in [0.2, 0.25) is 0 Å². The number of amidine groups is 2. The first-order valence-electron chi connectivity index (χ1n) is 6.43. The molecule has 4 rings (SSSR count). The van der Waals surface area contributed by atoms with Gasteiger partial charge in [0, 0.05) is 13.1 Å². The van der Waals surface area contributed by atoms with E-state index in [0.717, 1.165) is 68.4 Å². The summed E-state index contributed by atoms with van der Waals surface area (Å²) in [6.07, 6.45) is 0. The molecule has 2 aliphatic rings. The van der Waals surface area contributed by atoms with Gasteiger partial charge in [0.05, 0.1) is 43.6 Å². The van der Waals surface area contributed by atoms with Crippen molar-refractivity contribution in [2.75, 3.05) is 37.6 Å². The van der Waals surface area contributed by atoms with Crippen LogP contribution in [0.15, 0.2) is 9.98 Å². The van der Waals surface area contributed by atoms with Gasteiger partial charge >= 0.3 is 0 Å². The van der Waals surface area contributed by atoms with Crippen LogP contribution in [-0.4, -0.2) is 37.9 Å². The molecule has 0 atom stereocenters. The van der Waals surface area contributed by atoms with Crippen LogP contribution in [0.25, 0.3) is 9.40 Å². The molecular formula is C12H14N6S2. The zero-order valence-electron chi connectivity index (χ0n) is 10.7. The van der Waals surface area contributed by atoms with E-state index in [4.69, 9.17) is 11.5 Å². The third kappa shape index (κ3) is 1.61. The van der Waals surface area contributed by atoms with Crippen LogP contribution in [0.5, 0.6) is 0 Å². The lowest BCUT2D eigenvalue weighted by atomic mass is 10.2. The minimum atomic E-state index is 0.733. The highest BCUT2D eigenvalue weighted by molar-refractivity contribution is 7.40. The minimum absolute atomic E-state index is 0.733. The van der Waals surface area contributed by atoms with E-state index in [1.807, 2.05) is 0 Å². The van der Waals surface area contributed by atoms with E-state index in [-0.39, 0.29) is 0 Å². The molecule has 0 radical (unpaired) electrons. The molecule has 0 spiro atoms. The highest BCUT2D eigenvalue weighted by Crippen LogP contribution is 2.45. The van der Waals surface area contributed by atoms with Gasteiger partial charge in [0.25, 0.3) is 0 Å². The Balaban J connectivity index is 1.86. The van der Waals surface area contributed by atoms with E-state index >= 15 is 0 Å². The third-order valence-electron chi connectivity index (χ3n) is 3.40. The Morgan fingerprint density at radius 1 is 0.850 bits per heavy atom. The predicted octanol–water partition coefficient (Wildman–Crippen LogP) is 0.827. The summed E-state index contributed by atoms with van der Waals surface area (Å²) in [6, 6.07) is 0. The lowest BCUT2D eigenvalue weighted by Crippen LogP contribution is -2.20. The van der Waals surface area contributed by atoms with Crippen molar-refractivity contribution in [1.29, 1.82) is 0 Å². The van der Waals surface area contributed by atoms with Crippen LogP contribution in [0.1, 0.15) is 9.75 Å². The Kier molecular flexibility index (Phi) is 2.61. The third-order valence-corrected chi connectivity index (χ3v) is 5.91. The Hall–Kier alpha value is -1.80. The number of nitrogen functional groups attached to an aromatic ring is 2. The van der Waals surface area contributed by atoms with E-state index in [1.165, 1.54) is 0 Å². The first kappa shape index (κ1) is 12.0. The fourth-order valence-electron chi connectivity index (χ4n) is 2.46. The summed E-state index contributed by atoms with van der Waals surface area (Å²) in [5.41, 5.74) is 14.0. The first-order chi connectivity index (χ1) is 9.75. The molecule has 2 aliphatic heterocycles. The molecule has 0 unspecified atom stereocenters. The second-order valence-corrected chi connectivity index (χ2v) is 6.97. The summed E-state index contributed by atoms with van der Waals surface area (Å²) in [5, 5.41) is 7.48. The normalized spacial score (nSPS) is 18.0. The van der Waals surface area contributed by atoms with Crippen molar-refractivity contribution in [3.8, 4) is 0 Å². The highest BCUT2D eigenvalue weighted by atomic mass is 32.2. The summed E-state index contributed by atoms with van der Waals surface area (Å²) < 4.78 is 1.14. The number of hydrogen-bond acceptors (Lipinski definition) is 8. The lowest BCUT2D eigenvalue weighted by molar-refractivity contribution is 0.961. The maximum absolute atomic E-state index is 6.29. The largest absolute Gasteiger partial charge is 0.397 e. The van der Waals surface area contributed by atoms with Crippen LogP contribution in [0.4, 0.5) is 11.4 Å². The van der Waals surface area contributed by atoms with E-state index in [2.05, 4.69) is 20.6 Å². The summed E-state index contributed by atoms with van der Waals surface area (Å²) in [4.78, 5) is 10.9. The molecule has 0 saturated heterocycles. The summed E-state index contributed by atoms with van der Waals surface area (Å²) in [6.45, 7) is 3.37. The number of thiophene rings is 2. The van der Waals surface area contributed by atoms with Gasteiger partial charge < -0.3 is 22.1 Å². The molecule has 4 heterocycles. The van der Waals surface area contributed by atoms with Gasteiger partial charge in [0.2, 0.25) is 0 Å². The zero-order chi connectivity index (χ0) is 13.7. The van der Waals surface area contributed by atoms with Crippen LogP contribution in [0.3, 0.4) is 0 Å². The van der Waals surface area contributed by atoms with Crippen molar-refractivity contribution in [3.63, 3.8) is 0 Å². The molecule has 0 amide bonds. The second-order valence-electron chi connectivity index (χ2n) is 4.67. The van der Waals surface area contributed by atoms with Crippen LogP contribution in [0, 0.1) is 0 Å². The number of nitrogens with one attached hydrogen (secondary N) is 2. The molecule has 0 fully saturated rings. The molecular weight excluding hydrogens is 292 g/mol. The van der Waals surface area contributed by atoms with Crippen LogP contribution in [-0.2, 0) is 0 Å². The van der Waals surface area contributed by atoms with E-state index < -0.39 is 0 Å². The van der Waals surface area contributed by atoms with Gasteiger partial charge in [-0.05, 0) is 0 Å². The van der Waals surface area contributed by atoms with Gasteiger partial charge in [-0.2, -0.15) is 0 Å². The monoisotopic (exact) mass is 306 g/mol. The maximum atomic E-state index is 6.29. The number of rotatable bonds is 2. The molecule has 20 heavy (non-hydrogen) atoms. The van der Waals surface area contributed by atoms with Crippen LogP contribution >= 0.6 is 22.7 Å². The van der Waals surface area contributed by atoms with E-state index in [9.17, 15) is 0 Å². The van der Waals surface area contributed by atoms with Crippen LogP contribution < -0.4 is 22.1 Å². The molecule has 6 nitrogen and oxygen atoms in total. The molecule has 104 valence electrons. The van der Waals surface area contributed by atoms with Crippen molar-refractivity contribution in [3.05, 3.63) is 9.75 Å². The van der Waals surface area contributed by atoms with E-state index in [1.54, 1.807) is 22.7 Å². The number of hydrogen-bond donors (Lipinski definition) is 4. The Labute approximate surface area is 123 Å². The molecule has 0 bridgehead atoms. The van der Waals surface area contributed by atoms with Gasteiger partial charge in [0.15, 0.2) is 0 Å². The van der Waals surface area contributed by atoms with Gasteiger partial charge in [-0.25, -0.2) is 0 Å². The van der Waals surface area contributed by atoms with Crippen molar-refractivity contribution in [1.82, 2.24) is 10.6 Å². The average molecular weight is 306 g/mol. The number of anilines is 2. The molecule has 2 aromatic heterocycles. The smallest absolute Gasteiger partial charge is 0.140 e. The summed E-state index contributed by atoms with van der Waals surface area (Å²) >= 11 is 3.30. The molecule has 0 saturated carbocycles. The second kappa shape index (κ2) is 4.35. The molecule has 6 N–H and O–H groups in total. The van der Waals surface area contributed by atoms with Crippen molar-refractivity contribution in [2.45, 2.75) is 0 Å². The SMILES string of the molecule is Nc1c(C2=NCCN2)sc2sc(C3=NCCN3)c(N)c12. The number of fused-ring (bicyclic) bond motifs is 1. The highest BCUT2D eigenvalue weighted by Gasteiger charge is 2.24. The van der Waals surface area contributed by atoms with Crippen molar-refractivity contribution in [2.24, 2.45) is 9.98 Å². The number of nitrogens with zero attached hydrogens (tertiary/aromatic N) is 2. The molecule has 0 aromatic carbocycles. The molecule has 8 heteroatoms. The minimum Gasteiger partial charge on any atom is -0.397 e. The van der Waals surface area contributed by atoms with Gasteiger partial charge in [0.1, 0.15) is 11.7 Å². The van der Waals surface area contributed by atoms with Crippen molar-refractivity contribution < 1.29 is 0 Å². The molecule has 0 aliphatic carbocycles. The predicted molar refractivity (Wildman–Crippen MR) is 87.3 cm³/mol. The van der Waals surface area contributed by atoms with Gasteiger partial charge in [-0.15, -0.1) is 22.7 Å². The quantitative estimate of drug-likeness (QED) is 0.660. The lowest BCUT2D eigenvalue weighted by Gasteiger charge is -2.03. The maximum Gasteiger partial charge on any atom is 0.140 e. The standard InChI is InChI=1S/C12H14N6S2/c13-6-5-7(14)9(11-17-3-4-18-11)20-12(5)19-8(6)10-15-1-2-16-10/h1-4,13-14H2,(H,15,16)(H,17,18).